The summed E-state index contributed by atoms with van der Waals surface area (Å²) in [5, 5.41) is 25.7. The summed E-state index contributed by atoms with van der Waals surface area (Å²) in [5.74, 6) is 0. The Morgan fingerprint density at radius 1 is 0.179 bits per heavy atom. The minimum Gasteiger partial charge on any atom is -0.309 e. The fourth-order valence-corrected chi connectivity index (χ4v) is 16.1. The van der Waals surface area contributed by atoms with Gasteiger partial charge in [0.1, 0.15) is 0 Å². The van der Waals surface area contributed by atoms with Gasteiger partial charge in [0.2, 0.25) is 0 Å². The van der Waals surface area contributed by atoms with E-state index in [2.05, 4.69) is 362 Å². The summed E-state index contributed by atoms with van der Waals surface area (Å²) in [7, 11) is 0. The zero-order chi connectivity index (χ0) is 62.7. The lowest BCUT2D eigenvalue weighted by atomic mass is 9.86. The van der Waals surface area contributed by atoms with Gasteiger partial charge in [-0.25, -0.2) is 0 Å². The largest absolute Gasteiger partial charge is 0.309 e. The number of aromatic nitrogens is 2. The predicted octanol–water partition coefficient (Wildman–Crippen LogP) is 25.8. The summed E-state index contributed by atoms with van der Waals surface area (Å²) < 4.78 is 4.90. The summed E-state index contributed by atoms with van der Waals surface area (Å²) in [5.41, 5.74) is 18.6. The number of fused-ring (bicyclic) bond motifs is 18. The molecule has 95 heavy (non-hydrogen) atoms. The fourth-order valence-electron chi connectivity index (χ4n) is 16.1. The van der Waals surface area contributed by atoms with Crippen LogP contribution in [0.3, 0.4) is 0 Å². The number of aryl methyl sites for hydroxylation is 1. The van der Waals surface area contributed by atoms with Gasteiger partial charge >= 0.3 is 0 Å². The first-order chi connectivity index (χ1) is 47.1. The molecule has 0 saturated carbocycles. The summed E-state index contributed by atoms with van der Waals surface area (Å²) in [6.45, 7) is 2.17. The molecular formula is C93H60N2. The summed E-state index contributed by atoms with van der Waals surface area (Å²) in [6.07, 6.45) is 0. The highest BCUT2D eigenvalue weighted by molar-refractivity contribution is 6.31. The van der Waals surface area contributed by atoms with Crippen molar-refractivity contribution in [3.05, 3.63) is 351 Å². The van der Waals surface area contributed by atoms with Crippen molar-refractivity contribution >= 4 is 130 Å². The van der Waals surface area contributed by atoms with E-state index in [4.69, 9.17) is 0 Å². The molecule has 0 fully saturated rings. The molecule has 2 nitrogen and oxygen atoms in total. The molecule has 0 aliphatic heterocycles. The molecule has 0 aliphatic carbocycles. The maximum atomic E-state index is 2.45. The molecule has 0 atom stereocenters. The zero-order valence-electron chi connectivity index (χ0n) is 52.3. The van der Waals surface area contributed by atoms with Crippen LogP contribution < -0.4 is 0 Å². The molecule has 0 radical (unpaired) electrons. The Kier molecular flexibility index (Phi) is 12.5. The van der Waals surface area contributed by atoms with Gasteiger partial charge in [0.05, 0.1) is 22.1 Å². The number of benzene rings is 18. The minimum atomic E-state index is 1.16. The van der Waals surface area contributed by atoms with Crippen LogP contribution in [-0.4, -0.2) is 9.13 Å². The minimum absolute atomic E-state index is 1.16. The Hall–Kier alpha value is -12.4. The van der Waals surface area contributed by atoms with E-state index in [9.17, 15) is 0 Å². The molecule has 20 aromatic rings. The Bertz CT molecular complexity index is 6280. The topological polar surface area (TPSA) is 9.86 Å². The summed E-state index contributed by atoms with van der Waals surface area (Å²) in [4.78, 5) is 0. The first-order valence-electron chi connectivity index (χ1n) is 33.0. The van der Waals surface area contributed by atoms with Crippen molar-refractivity contribution < 1.29 is 0 Å². The molecule has 0 bridgehead atoms. The van der Waals surface area contributed by atoms with Gasteiger partial charge < -0.3 is 9.13 Å². The Morgan fingerprint density at radius 2 is 0.421 bits per heavy atom. The van der Waals surface area contributed by atoms with Gasteiger partial charge in [0, 0.05) is 32.9 Å². The van der Waals surface area contributed by atoms with E-state index in [-0.39, 0.29) is 0 Å². The molecule has 18 aromatic carbocycles. The number of hydrogen-bond donors (Lipinski definition) is 0. The molecule has 442 valence electrons. The molecule has 0 N–H and O–H groups in total. The smallest absolute Gasteiger partial charge is 0.0547 e. The van der Waals surface area contributed by atoms with E-state index < -0.39 is 0 Å². The van der Waals surface area contributed by atoms with Gasteiger partial charge in [-0.2, -0.15) is 0 Å². The van der Waals surface area contributed by atoms with Crippen LogP contribution in [-0.2, 0) is 0 Å². The first kappa shape index (κ1) is 54.4. The van der Waals surface area contributed by atoms with E-state index in [0.717, 1.165) is 11.4 Å². The second-order valence-corrected chi connectivity index (χ2v) is 25.4. The zero-order valence-corrected chi connectivity index (χ0v) is 52.3. The highest BCUT2D eigenvalue weighted by atomic mass is 15.0. The molecule has 0 spiro atoms. The van der Waals surface area contributed by atoms with Crippen LogP contribution in [0.15, 0.2) is 346 Å². The molecule has 0 aliphatic rings. The molecule has 2 heterocycles. The van der Waals surface area contributed by atoms with E-state index in [1.54, 1.807) is 0 Å². The second kappa shape index (κ2) is 21.9. The van der Waals surface area contributed by atoms with Crippen molar-refractivity contribution in [2.75, 3.05) is 0 Å². The van der Waals surface area contributed by atoms with Crippen LogP contribution in [0.1, 0.15) is 5.56 Å². The molecule has 20 rings (SSSR count). The Labute approximate surface area is 549 Å². The van der Waals surface area contributed by atoms with E-state index >= 15 is 0 Å². The molecule has 2 heteroatoms. The van der Waals surface area contributed by atoms with Gasteiger partial charge in [-0.15, -0.1) is 0 Å². The van der Waals surface area contributed by atoms with Gasteiger partial charge in [-0.05, 0) is 186 Å². The third-order valence-electron chi connectivity index (χ3n) is 20.2. The van der Waals surface area contributed by atoms with Crippen molar-refractivity contribution in [3.8, 4) is 55.9 Å². The number of hydrogen-bond acceptors (Lipinski definition) is 0. The maximum Gasteiger partial charge on any atom is 0.0547 e. The molecule has 0 amide bonds. The van der Waals surface area contributed by atoms with Gasteiger partial charge in [-0.1, -0.05) is 303 Å². The summed E-state index contributed by atoms with van der Waals surface area (Å²) >= 11 is 0. The van der Waals surface area contributed by atoms with Gasteiger partial charge in [-0.3, -0.25) is 0 Å². The first-order valence-corrected chi connectivity index (χ1v) is 33.0. The highest BCUT2D eigenvalue weighted by Crippen LogP contribution is 2.48. The lowest BCUT2D eigenvalue weighted by molar-refractivity contribution is 1.18. The van der Waals surface area contributed by atoms with E-state index in [1.807, 2.05) is 0 Å². The lowest BCUT2D eigenvalue weighted by Crippen LogP contribution is -1.95. The normalized spacial score (nSPS) is 11.8. The number of nitrogens with zero attached hydrogens (tertiary/aromatic N) is 2. The number of rotatable bonds is 6. The fraction of sp³-hybridized carbons (Fsp3) is 0.0108. The van der Waals surface area contributed by atoms with Crippen LogP contribution in [0.5, 0.6) is 0 Å². The molecule has 2 aromatic heterocycles. The monoisotopic (exact) mass is 1200 g/mol. The third kappa shape index (κ3) is 8.58. The van der Waals surface area contributed by atoms with Crippen LogP contribution in [0, 0.1) is 6.92 Å². The Morgan fingerprint density at radius 3 is 0.726 bits per heavy atom. The quantitative estimate of drug-likeness (QED) is 0.147. The van der Waals surface area contributed by atoms with Crippen molar-refractivity contribution in [1.82, 2.24) is 9.13 Å². The van der Waals surface area contributed by atoms with Gasteiger partial charge in [0.15, 0.2) is 0 Å². The second-order valence-electron chi connectivity index (χ2n) is 25.4. The van der Waals surface area contributed by atoms with Crippen molar-refractivity contribution in [1.29, 1.82) is 0 Å². The van der Waals surface area contributed by atoms with Crippen molar-refractivity contribution in [2.24, 2.45) is 0 Å². The van der Waals surface area contributed by atoms with E-state index in [0.29, 0.717) is 0 Å². The van der Waals surface area contributed by atoms with Crippen LogP contribution in [0.2, 0.25) is 0 Å². The molecule has 0 unspecified atom stereocenters. The third-order valence-corrected chi connectivity index (χ3v) is 20.2. The standard InChI is InChI=1S/C47H31N.C46H29N/c1-30-19-26-37-34(29-30)23-28-43-47(37)46-36-14-6-5-11-31(36)22-27-42(46)48(43)35-24-20-33(21-25-35)45-40-17-9-7-15-38(40)44(32-12-3-2-4-13-32)39-16-8-10-18-41(39)45;1-2-14-32(15-3-1)43-37-18-8-10-20-39(37)44(40-21-11-9-19-38(40)43)33-22-26-34(27-23-33)47-41-28-24-30-12-4-6-16-35(30)45(41)46-36-17-7-5-13-31(36)25-29-42(46)47/h2-29H,1H3;1-29H. The van der Waals surface area contributed by atoms with Gasteiger partial charge in [0.25, 0.3) is 0 Å². The molecule has 0 saturated heterocycles. The lowest BCUT2D eigenvalue weighted by Gasteiger charge is -2.18. The summed E-state index contributed by atoms with van der Waals surface area (Å²) in [6, 6.07) is 127. The van der Waals surface area contributed by atoms with Crippen molar-refractivity contribution in [3.63, 3.8) is 0 Å². The predicted molar refractivity (Wildman–Crippen MR) is 408 cm³/mol. The highest BCUT2D eigenvalue weighted by Gasteiger charge is 2.23. The van der Waals surface area contributed by atoms with Crippen LogP contribution in [0.25, 0.3) is 186 Å². The average Bonchev–Trinajstić information content (AvgIpc) is 1.39. The average molecular weight is 1210 g/mol. The van der Waals surface area contributed by atoms with Crippen molar-refractivity contribution in [2.45, 2.75) is 6.92 Å². The SMILES string of the molecule is Cc1ccc2c(ccc3c2c2c4ccccc4ccc2n3-c2ccc(-c3c4ccccc4c(-c4ccccc4)c4ccccc34)cc2)c1.c1ccc(-c2c3ccccc3c(-c3ccc(-n4c5ccc6ccccc6c5c5c6ccccc6ccc54)cc3)c3ccccc23)cc1. The van der Waals surface area contributed by atoms with E-state index in [1.165, 1.54) is 180 Å². The van der Waals surface area contributed by atoms with Crippen LogP contribution >= 0.6 is 0 Å². The maximum absolute atomic E-state index is 2.45. The Balaban J connectivity index is 0.000000134. The molecular weight excluding hydrogens is 1150 g/mol. The van der Waals surface area contributed by atoms with Crippen LogP contribution in [0.4, 0.5) is 0 Å².